The summed E-state index contributed by atoms with van der Waals surface area (Å²) < 4.78 is 14.1. The van der Waals surface area contributed by atoms with Gasteiger partial charge in [-0.25, -0.2) is 4.39 Å². The summed E-state index contributed by atoms with van der Waals surface area (Å²) in [5, 5.41) is 0.0998. The molecule has 0 atom stereocenters. The minimum absolute atomic E-state index is 0.0231. The summed E-state index contributed by atoms with van der Waals surface area (Å²) in [5.41, 5.74) is 2.03. The largest absolute Gasteiger partial charge is 0.335 e. The highest BCUT2D eigenvalue weighted by atomic mass is 127. The zero-order chi connectivity index (χ0) is 18.8. The molecule has 0 bridgehead atoms. The van der Waals surface area contributed by atoms with Gasteiger partial charge < -0.3 is 9.80 Å². The van der Waals surface area contributed by atoms with Crippen LogP contribution >= 0.6 is 34.2 Å². The summed E-state index contributed by atoms with van der Waals surface area (Å²) in [6, 6.07) is 9.43. The van der Waals surface area contributed by atoms with E-state index in [4.69, 9.17) is 11.6 Å². The van der Waals surface area contributed by atoms with E-state index in [1.807, 2.05) is 25.1 Å². The third-order valence-electron chi connectivity index (χ3n) is 4.44. The molecule has 1 fully saturated rings. The SMILES string of the molecule is Cc1cccc(C(=O)N2CCN(C(=O)c3ccc(F)cc3Cl)CC2)c1I. The van der Waals surface area contributed by atoms with Crippen LogP contribution in [0.15, 0.2) is 36.4 Å². The first-order chi connectivity index (χ1) is 12.4. The molecule has 2 aromatic carbocycles. The van der Waals surface area contributed by atoms with Gasteiger partial charge in [-0.2, -0.15) is 0 Å². The molecular weight excluding hydrogens is 470 g/mol. The molecule has 1 saturated heterocycles. The van der Waals surface area contributed by atoms with E-state index in [9.17, 15) is 14.0 Å². The summed E-state index contributed by atoms with van der Waals surface area (Å²) >= 11 is 8.17. The highest BCUT2D eigenvalue weighted by Gasteiger charge is 2.27. The molecule has 1 heterocycles. The van der Waals surface area contributed by atoms with Crippen LogP contribution in [0.25, 0.3) is 0 Å². The van der Waals surface area contributed by atoms with Gasteiger partial charge in [-0.1, -0.05) is 23.7 Å². The number of benzene rings is 2. The number of rotatable bonds is 2. The van der Waals surface area contributed by atoms with E-state index < -0.39 is 5.82 Å². The molecule has 2 aromatic rings. The number of halogens is 3. The van der Waals surface area contributed by atoms with Gasteiger partial charge in [-0.05, 0) is 59.3 Å². The van der Waals surface area contributed by atoms with Crippen molar-refractivity contribution in [3.05, 3.63) is 67.5 Å². The maximum atomic E-state index is 13.2. The molecular formula is C19H17ClFIN2O2. The molecule has 1 aliphatic heterocycles. The maximum absolute atomic E-state index is 13.2. The van der Waals surface area contributed by atoms with Gasteiger partial charge in [-0.15, -0.1) is 0 Å². The van der Waals surface area contributed by atoms with Crippen LogP contribution < -0.4 is 0 Å². The number of carbonyl (C=O) groups excluding carboxylic acids is 2. The Kier molecular flexibility index (Phi) is 5.82. The Hall–Kier alpha value is -1.67. The molecule has 2 amide bonds. The van der Waals surface area contributed by atoms with Gasteiger partial charge in [0.25, 0.3) is 11.8 Å². The fourth-order valence-electron chi connectivity index (χ4n) is 2.93. The number of hydrogen-bond acceptors (Lipinski definition) is 2. The number of carbonyl (C=O) groups is 2. The van der Waals surface area contributed by atoms with Gasteiger partial charge in [0.2, 0.25) is 0 Å². The molecule has 0 spiro atoms. The van der Waals surface area contributed by atoms with Crippen molar-refractivity contribution >= 4 is 46.0 Å². The van der Waals surface area contributed by atoms with Crippen molar-refractivity contribution in [1.29, 1.82) is 0 Å². The lowest BCUT2D eigenvalue weighted by atomic mass is 10.1. The van der Waals surface area contributed by atoms with Crippen molar-refractivity contribution in [2.45, 2.75) is 6.92 Å². The Bertz CT molecular complexity index is 867. The van der Waals surface area contributed by atoms with Gasteiger partial charge >= 0.3 is 0 Å². The van der Waals surface area contributed by atoms with Crippen LogP contribution in [0, 0.1) is 16.3 Å². The minimum Gasteiger partial charge on any atom is -0.335 e. The predicted molar refractivity (Wildman–Crippen MR) is 107 cm³/mol. The van der Waals surface area contributed by atoms with Crippen LogP contribution in [0.1, 0.15) is 26.3 Å². The molecule has 7 heteroatoms. The number of aryl methyl sites for hydroxylation is 1. The predicted octanol–water partition coefficient (Wildman–Crippen LogP) is 3.99. The Morgan fingerprint density at radius 2 is 1.58 bits per heavy atom. The molecule has 26 heavy (non-hydrogen) atoms. The van der Waals surface area contributed by atoms with Crippen molar-refractivity contribution in [2.75, 3.05) is 26.2 Å². The van der Waals surface area contributed by atoms with Crippen molar-refractivity contribution in [2.24, 2.45) is 0 Å². The second kappa shape index (κ2) is 7.92. The van der Waals surface area contributed by atoms with Gasteiger partial charge in [0, 0.05) is 29.7 Å². The lowest BCUT2D eigenvalue weighted by molar-refractivity contribution is 0.0535. The van der Waals surface area contributed by atoms with E-state index in [-0.39, 0.29) is 22.4 Å². The Morgan fingerprint density at radius 3 is 2.15 bits per heavy atom. The second-order valence-corrected chi connectivity index (χ2v) is 7.63. The number of nitrogens with zero attached hydrogens (tertiary/aromatic N) is 2. The van der Waals surface area contributed by atoms with Crippen LogP contribution in [-0.2, 0) is 0 Å². The summed E-state index contributed by atoms with van der Waals surface area (Å²) in [6.07, 6.45) is 0. The minimum atomic E-state index is -0.477. The van der Waals surface area contributed by atoms with Gasteiger partial charge in [0.15, 0.2) is 0 Å². The smallest absolute Gasteiger partial charge is 0.255 e. The molecule has 1 aliphatic rings. The van der Waals surface area contributed by atoms with Crippen molar-refractivity contribution in [3.63, 3.8) is 0 Å². The highest BCUT2D eigenvalue weighted by Crippen LogP contribution is 2.22. The average molecular weight is 487 g/mol. The molecule has 0 aliphatic carbocycles. The third-order valence-corrected chi connectivity index (χ3v) is 6.18. The van der Waals surface area contributed by atoms with E-state index in [1.54, 1.807) is 9.80 Å². The zero-order valence-electron chi connectivity index (χ0n) is 14.1. The molecule has 4 nitrogen and oxygen atoms in total. The topological polar surface area (TPSA) is 40.6 Å². The quantitative estimate of drug-likeness (QED) is 0.603. The van der Waals surface area contributed by atoms with E-state index in [0.29, 0.717) is 31.7 Å². The Balaban J connectivity index is 1.68. The Morgan fingerprint density at radius 1 is 1.00 bits per heavy atom. The monoisotopic (exact) mass is 486 g/mol. The normalized spacial score (nSPS) is 14.5. The number of hydrogen-bond donors (Lipinski definition) is 0. The summed E-state index contributed by atoms with van der Waals surface area (Å²) in [6.45, 7) is 3.71. The van der Waals surface area contributed by atoms with Crippen LogP contribution in [0.3, 0.4) is 0 Å². The van der Waals surface area contributed by atoms with Crippen LogP contribution in [0.5, 0.6) is 0 Å². The number of piperazine rings is 1. The zero-order valence-corrected chi connectivity index (χ0v) is 17.1. The molecule has 0 radical (unpaired) electrons. The fourth-order valence-corrected chi connectivity index (χ4v) is 3.77. The highest BCUT2D eigenvalue weighted by molar-refractivity contribution is 14.1. The lowest BCUT2D eigenvalue weighted by Gasteiger charge is -2.35. The van der Waals surface area contributed by atoms with Gasteiger partial charge in [0.05, 0.1) is 16.1 Å². The van der Waals surface area contributed by atoms with E-state index >= 15 is 0 Å². The first-order valence-electron chi connectivity index (χ1n) is 8.17. The molecule has 0 saturated carbocycles. The van der Waals surface area contributed by atoms with Crippen LogP contribution in [0.2, 0.25) is 5.02 Å². The van der Waals surface area contributed by atoms with Gasteiger partial charge in [0.1, 0.15) is 5.82 Å². The lowest BCUT2D eigenvalue weighted by Crippen LogP contribution is -2.50. The van der Waals surface area contributed by atoms with E-state index in [0.717, 1.165) is 15.2 Å². The van der Waals surface area contributed by atoms with Crippen LogP contribution in [-0.4, -0.2) is 47.8 Å². The van der Waals surface area contributed by atoms with Crippen molar-refractivity contribution < 1.29 is 14.0 Å². The summed E-state index contributed by atoms with van der Waals surface area (Å²) in [4.78, 5) is 28.8. The van der Waals surface area contributed by atoms with E-state index in [1.165, 1.54) is 12.1 Å². The molecule has 136 valence electrons. The summed E-state index contributed by atoms with van der Waals surface area (Å²) in [5.74, 6) is -0.744. The van der Waals surface area contributed by atoms with Gasteiger partial charge in [-0.3, -0.25) is 9.59 Å². The standard InChI is InChI=1S/C19H17ClFIN2O2/c1-12-3-2-4-15(17(12)22)19(26)24-9-7-23(8-10-24)18(25)14-6-5-13(21)11-16(14)20/h2-6,11H,7-10H2,1H3. The molecule has 0 N–H and O–H groups in total. The van der Waals surface area contributed by atoms with Crippen molar-refractivity contribution in [1.82, 2.24) is 9.80 Å². The number of amides is 2. The molecule has 3 rings (SSSR count). The molecule has 0 unspecified atom stereocenters. The third kappa shape index (κ3) is 3.86. The average Bonchev–Trinajstić information content (AvgIpc) is 2.63. The maximum Gasteiger partial charge on any atom is 0.255 e. The van der Waals surface area contributed by atoms with Crippen LogP contribution in [0.4, 0.5) is 4.39 Å². The second-order valence-electron chi connectivity index (χ2n) is 6.15. The van der Waals surface area contributed by atoms with E-state index in [2.05, 4.69) is 22.6 Å². The molecule has 0 aromatic heterocycles. The first-order valence-corrected chi connectivity index (χ1v) is 9.63. The summed E-state index contributed by atoms with van der Waals surface area (Å²) in [7, 11) is 0. The fraction of sp³-hybridized carbons (Fsp3) is 0.263. The van der Waals surface area contributed by atoms with Crippen molar-refractivity contribution in [3.8, 4) is 0 Å². The first kappa shape index (κ1) is 19.1. The Labute approximate surface area is 170 Å².